The first-order valence-corrected chi connectivity index (χ1v) is 11.4. The maximum Gasteiger partial charge on any atom is 0.212 e. The highest BCUT2D eigenvalue weighted by atomic mass is 79.9. The smallest absolute Gasteiger partial charge is 0.212 e. The predicted molar refractivity (Wildman–Crippen MR) is 125 cm³/mol. The lowest BCUT2D eigenvalue weighted by Gasteiger charge is -2.12. The Kier molecular flexibility index (Phi) is 7.93. The summed E-state index contributed by atoms with van der Waals surface area (Å²) in [5.74, 6) is 3.38. The zero-order valence-electron chi connectivity index (χ0n) is 17.5. The topological polar surface area (TPSA) is 61.5 Å². The summed E-state index contributed by atoms with van der Waals surface area (Å²) in [4.78, 5) is 0. The third-order valence-corrected chi connectivity index (χ3v) is 5.65. The average molecular weight is 489 g/mol. The molecule has 0 aliphatic heterocycles. The van der Waals surface area contributed by atoms with Gasteiger partial charge in [0.2, 0.25) is 5.16 Å². The number of halogens is 1. The van der Waals surface area contributed by atoms with Crippen molar-refractivity contribution in [3.63, 3.8) is 0 Å². The van der Waals surface area contributed by atoms with Crippen LogP contribution in [0.1, 0.15) is 30.8 Å². The normalized spacial score (nSPS) is 11.4. The molecule has 0 saturated heterocycles. The monoisotopic (exact) mass is 488 g/mol. The van der Waals surface area contributed by atoms with Crippen LogP contribution in [-0.4, -0.2) is 34.8 Å². The first-order valence-electron chi connectivity index (χ1n) is 9.60. The van der Waals surface area contributed by atoms with Crippen molar-refractivity contribution in [2.24, 2.45) is 11.0 Å². The van der Waals surface area contributed by atoms with Crippen LogP contribution in [0.2, 0.25) is 0 Å². The molecule has 0 saturated carbocycles. The van der Waals surface area contributed by atoms with Gasteiger partial charge in [-0.15, -0.1) is 10.2 Å². The largest absolute Gasteiger partial charge is 0.493 e. The van der Waals surface area contributed by atoms with E-state index in [4.69, 9.17) is 9.47 Å². The van der Waals surface area contributed by atoms with Crippen molar-refractivity contribution < 1.29 is 9.47 Å². The molecule has 0 aliphatic rings. The highest BCUT2D eigenvalue weighted by Crippen LogP contribution is 2.28. The van der Waals surface area contributed by atoms with Crippen molar-refractivity contribution >= 4 is 33.9 Å². The van der Waals surface area contributed by atoms with Gasteiger partial charge in [-0.1, -0.05) is 53.7 Å². The number of ether oxygens (including phenoxy) is 2. The summed E-state index contributed by atoms with van der Waals surface area (Å²) in [6.07, 6.45) is 1.77. The Morgan fingerprint density at radius 2 is 1.90 bits per heavy atom. The number of benzene rings is 2. The van der Waals surface area contributed by atoms with E-state index in [0.717, 1.165) is 32.5 Å². The summed E-state index contributed by atoms with van der Waals surface area (Å²) < 4.78 is 14.1. The van der Waals surface area contributed by atoms with Crippen LogP contribution in [0.5, 0.6) is 11.5 Å². The minimum Gasteiger partial charge on any atom is -0.493 e. The van der Waals surface area contributed by atoms with Crippen LogP contribution in [0.3, 0.4) is 0 Å². The van der Waals surface area contributed by atoms with Gasteiger partial charge < -0.3 is 9.47 Å². The van der Waals surface area contributed by atoms with E-state index in [9.17, 15) is 0 Å². The lowest BCUT2D eigenvalue weighted by molar-refractivity contribution is 0.257. The van der Waals surface area contributed by atoms with Gasteiger partial charge in [0.1, 0.15) is 0 Å². The number of hydrogen-bond donors (Lipinski definition) is 0. The van der Waals surface area contributed by atoms with E-state index in [1.807, 2.05) is 37.3 Å². The summed E-state index contributed by atoms with van der Waals surface area (Å²) in [5, 5.41) is 13.8. The molecule has 6 nitrogen and oxygen atoms in total. The van der Waals surface area contributed by atoms with E-state index in [1.165, 1.54) is 5.56 Å². The van der Waals surface area contributed by atoms with Crippen LogP contribution >= 0.6 is 27.7 Å². The molecule has 0 bridgehead atoms. The second kappa shape index (κ2) is 10.6. The Hall–Kier alpha value is -2.32. The summed E-state index contributed by atoms with van der Waals surface area (Å²) in [7, 11) is 1.64. The Morgan fingerprint density at radius 1 is 1.13 bits per heavy atom. The molecule has 0 atom stereocenters. The van der Waals surface area contributed by atoms with Crippen molar-refractivity contribution in [3.8, 4) is 11.5 Å². The zero-order valence-corrected chi connectivity index (χ0v) is 19.9. The van der Waals surface area contributed by atoms with Crippen molar-refractivity contribution in [1.82, 2.24) is 14.9 Å². The maximum atomic E-state index is 5.81. The van der Waals surface area contributed by atoms with Gasteiger partial charge in [0, 0.05) is 10.2 Å². The lowest BCUT2D eigenvalue weighted by atomic mass is 10.2. The fraction of sp³-hybridized carbons (Fsp3) is 0.318. The first-order chi connectivity index (χ1) is 14.5. The Bertz CT molecular complexity index is 1000. The molecule has 2 aromatic carbocycles. The third kappa shape index (κ3) is 6.09. The van der Waals surface area contributed by atoms with Gasteiger partial charge in [-0.2, -0.15) is 9.78 Å². The Morgan fingerprint density at radius 3 is 2.60 bits per heavy atom. The molecule has 1 heterocycles. The molecule has 3 aromatic rings. The number of rotatable bonds is 9. The Labute approximate surface area is 189 Å². The highest BCUT2D eigenvalue weighted by Gasteiger charge is 2.10. The van der Waals surface area contributed by atoms with E-state index in [0.29, 0.717) is 18.3 Å². The molecule has 0 aliphatic carbocycles. The zero-order chi connectivity index (χ0) is 21.5. The fourth-order valence-corrected chi connectivity index (χ4v) is 3.71. The molecule has 30 heavy (non-hydrogen) atoms. The van der Waals surface area contributed by atoms with E-state index < -0.39 is 0 Å². The summed E-state index contributed by atoms with van der Waals surface area (Å²) in [5.41, 5.74) is 2.11. The molecule has 0 unspecified atom stereocenters. The van der Waals surface area contributed by atoms with Gasteiger partial charge in [-0.05, 0) is 54.3 Å². The molecule has 0 radical (unpaired) electrons. The van der Waals surface area contributed by atoms with Crippen molar-refractivity contribution in [1.29, 1.82) is 0 Å². The maximum absolute atomic E-state index is 5.81. The molecule has 0 N–H and O–H groups in total. The van der Waals surface area contributed by atoms with Crippen molar-refractivity contribution in [2.45, 2.75) is 31.7 Å². The third-order valence-electron chi connectivity index (χ3n) is 4.13. The van der Waals surface area contributed by atoms with Crippen LogP contribution < -0.4 is 9.47 Å². The van der Waals surface area contributed by atoms with Gasteiger partial charge in [-0.25, -0.2) is 0 Å². The SMILES string of the molecule is COc1cc(/C=N\n2c(C)nnc2SCc2ccc(Br)cc2)ccc1OCC(C)C. The molecular weight excluding hydrogens is 464 g/mol. The van der Waals surface area contributed by atoms with Gasteiger partial charge in [-0.3, -0.25) is 0 Å². The first kappa shape index (κ1) is 22.4. The van der Waals surface area contributed by atoms with Crippen LogP contribution in [0, 0.1) is 12.8 Å². The van der Waals surface area contributed by atoms with Gasteiger partial charge >= 0.3 is 0 Å². The summed E-state index contributed by atoms with van der Waals surface area (Å²) in [6.45, 7) is 6.75. The number of nitrogens with zero attached hydrogens (tertiary/aromatic N) is 4. The van der Waals surface area contributed by atoms with E-state index >= 15 is 0 Å². The fourth-order valence-electron chi connectivity index (χ4n) is 2.55. The standard InChI is InChI=1S/C22H25BrN4O2S/c1-15(2)13-29-20-10-7-18(11-21(20)28-4)12-24-27-16(3)25-26-22(27)30-14-17-5-8-19(23)9-6-17/h5-12,15H,13-14H2,1-4H3/b24-12-. The summed E-state index contributed by atoms with van der Waals surface area (Å²) >= 11 is 5.06. The molecular formula is C22H25BrN4O2S. The number of thioether (sulfide) groups is 1. The Balaban J connectivity index is 1.72. The molecule has 0 spiro atoms. The molecule has 0 amide bonds. The number of aryl methyl sites for hydroxylation is 1. The number of hydrogen-bond acceptors (Lipinski definition) is 6. The average Bonchev–Trinajstić information content (AvgIpc) is 3.09. The summed E-state index contributed by atoms with van der Waals surface area (Å²) in [6, 6.07) is 14.0. The predicted octanol–water partition coefficient (Wildman–Crippen LogP) is 5.57. The van der Waals surface area contributed by atoms with Crippen molar-refractivity contribution in [2.75, 3.05) is 13.7 Å². The number of methoxy groups -OCH3 is 1. The van der Waals surface area contributed by atoms with Crippen molar-refractivity contribution in [3.05, 3.63) is 63.9 Å². The highest BCUT2D eigenvalue weighted by molar-refractivity contribution is 9.10. The van der Waals surface area contributed by atoms with Gasteiger partial charge in [0.05, 0.1) is 19.9 Å². The molecule has 8 heteroatoms. The quantitative estimate of drug-likeness (QED) is 0.291. The minimum atomic E-state index is 0.445. The molecule has 3 rings (SSSR count). The minimum absolute atomic E-state index is 0.445. The molecule has 1 aromatic heterocycles. The van der Waals surface area contributed by atoms with Crippen LogP contribution in [0.4, 0.5) is 0 Å². The number of aromatic nitrogens is 3. The van der Waals surface area contributed by atoms with E-state index in [1.54, 1.807) is 29.8 Å². The van der Waals surface area contributed by atoms with Gasteiger partial charge in [0.25, 0.3) is 0 Å². The molecule has 0 fully saturated rings. The second-order valence-electron chi connectivity index (χ2n) is 7.12. The second-order valence-corrected chi connectivity index (χ2v) is 8.97. The van der Waals surface area contributed by atoms with Crippen LogP contribution in [-0.2, 0) is 5.75 Å². The molecule has 158 valence electrons. The van der Waals surface area contributed by atoms with E-state index in [-0.39, 0.29) is 0 Å². The van der Waals surface area contributed by atoms with Crippen LogP contribution in [0.15, 0.2) is 57.2 Å². The van der Waals surface area contributed by atoms with Crippen LogP contribution in [0.25, 0.3) is 0 Å². The van der Waals surface area contributed by atoms with Gasteiger partial charge in [0.15, 0.2) is 17.3 Å². The van der Waals surface area contributed by atoms with E-state index in [2.05, 4.69) is 57.2 Å². The lowest BCUT2D eigenvalue weighted by Crippen LogP contribution is -2.05.